The second-order valence-corrected chi connectivity index (χ2v) is 5.04. The van der Waals surface area contributed by atoms with Crippen LogP contribution in [0.15, 0.2) is 24.3 Å². The molecule has 1 rings (SSSR count). The maximum Gasteiger partial charge on any atom is 0.0119 e. The van der Waals surface area contributed by atoms with Gasteiger partial charge in [0.1, 0.15) is 0 Å². The molecular weight excluding hydrogens is 208 g/mol. The fourth-order valence-corrected chi connectivity index (χ4v) is 2.10. The average molecular weight is 234 g/mol. The smallest absolute Gasteiger partial charge is 0.0119 e. The molecule has 96 valence electrons. The zero-order valence-corrected chi connectivity index (χ0v) is 11.7. The van der Waals surface area contributed by atoms with Crippen molar-refractivity contribution >= 4 is 0 Å². The number of benzene rings is 1. The number of hydrogen-bond donors (Lipinski definition) is 1. The van der Waals surface area contributed by atoms with E-state index >= 15 is 0 Å². The lowest BCUT2D eigenvalue weighted by Gasteiger charge is -2.20. The summed E-state index contributed by atoms with van der Waals surface area (Å²) >= 11 is 0. The quantitative estimate of drug-likeness (QED) is 0.779. The Morgan fingerprint density at radius 3 is 2.65 bits per heavy atom. The van der Waals surface area contributed by atoms with E-state index in [4.69, 9.17) is 0 Å². The molecule has 1 N–H and O–H groups in total. The van der Waals surface area contributed by atoms with Gasteiger partial charge < -0.3 is 10.2 Å². The highest BCUT2D eigenvalue weighted by Gasteiger charge is 2.08. The molecule has 0 aromatic heterocycles. The lowest BCUT2D eigenvalue weighted by Crippen LogP contribution is -2.34. The number of nitrogens with zero attached hydrogens (tertiary/aromatic N) is 1. The maximum atomic E-state index is 3.58. The lowest BCUT2D eigenvalue weighted by molar-refractivity contribution is 0.358. The Bertz CT molecular complexity index is 320. The van der Waals surface area contributed by atoms with Gasteiger partial charge >= 0.3 is 0 Å². The Morgan fingerprint density at radius 1 is 1.29 bits per heavy atom. The van der Waals surface area contributed by atoms with Gasteiger partial charge in [0.2, 0.25) is 0 Å². The third-order valence-corrected chi connectivity index (χ3v) is 2.98. The van der Waals surface area contributed by atoms with Crippen LogP contribution in [0.3, 0.4) is 0 Å². The first-order valence-electron chi connectivity index (χ1n) is 6.55. The molecule has 0 bridgehead atoms. The molecule has 1 atom stereocenters. The summed E-state index contributed by atoms with van der Waals surface area (Å²) in [6.45, 7) is 6.53. The fraction of sp³-hybridized carbons (Fsp3) is 0.600. The van der Waals surface area contributed by atoms with Crippen molar-refractivity contribution in [2.45, 2.75) is 32.7 Å². The molecular formula is C15H26N2. The summed E-state index contributed by atoms with van der Waals surface area (Å²) in [4.78, 5) is 2.25. The summed E-state index contributed by atoms with van der Waals surface area (Å²) in [7, 11) is 4.27. The van der Waals surface area contributed by atoms with Gasteiger partial charge in [-0.05, 0) is 52.5 Å². The van der Waals surface area contributed by atoms with Crippen molar-refractivity contribution < 1.29 is 0 Å². The Kier molecular flexibility index (Phi) is 6.23. The van der Waals surface area contributed by atoms with E-state index in [-0.39, 0.29) is 0 Å². The van der Waals surface area contributed by atoms with Crippen LogP contribution in [0.2, 0.25) is 0 Å². The van der Waals surface area contributed by atoms with Crippen molar-refractivity contribution in [1.29, 1.82) is 0 Å². The average Bonchev–Trinajstić information content (AvgIpc) is 2.26. The third-order valence-electron chi connectivity index (χ3n) is 2.98. The minimum absolute atomic E-state index is 0.587. The zero-order valence-electron chi connectivity index (χ0n) is 11.7. The summed E-state index contributed by atoms with van der Waals surface area (Å²) in [5, 5.41) is 3.58. The number of rotatable bonds is 7. The first-order chi connectivity index (χ1) is 8.11. The summed E-state index contributed by atoms with van der Waals surface area (Å²) in [6.07, 6.45) is 2.33. The van der Waals surface area contributed by atoms with E-state index in [2.05, 4.69) is 62.4 Å². The van der Waals surface area contributed by atoms with Crippen molar-refractivity contribution in [1.82, 2.24) is 10.2 Å². The van der Waals surface area contributed by atoms with E-state index in [9.17, 15) is 0 Å². The van der Waals surface area contributed by atoms with Gasteiger partial charge in [-0.25, -0.2) is 0 Å². The van der Waals surface area contributed by atoms with Crippen LogP contribution < -0.4 is 5.32 Å². The standard InChI is InChI=1S/C15H26N2/c1-5-16-15(9-10-17(3)4)12-14-8-6-7-13(2)11-14/h6-8,11,15-16H,5,9-10,12H2,1-4H3. The molecule has 0 radical (unpaired) electrons. The second-order valence-electron chi connectivity index (χ2n) is 5.04. The Morgan fingerprint density at radius 2 is 2.06 bits per heavy atom. The van der Waals surface area contributed by atoms with Gasteiger partial charge in [-0.2, -0.15) is 0 Å². The molecule has 0 aliphatic rings. The molecule has 0 saturated carbocycles. The molecule has 1 aromatic rings. The molecule has 1 aromatic carbocycles. The van der Waals surface area contributed by atoms with Crippen LogP contribution in [0.4, 0.5) is 0 Å². The van der Waals surface area contributed by atoms with E-state index in [0.717, 1.165) is 19.5 Å². The summed E-state index contributed by atoms with van der Waals surface area (Å²) in [6, 6.07) is 9.42. The van der Waals surface area contributed by atoms with Crippen LogP contribution >= 0.6 is 0 Å². The number of nitrogens with one attached hydrogen (secondary N) is 1. The van der Waals surface area contributed by atoms with Crippen LogP contribution in [0, 0.1) is 6.92 Å². The Hall–Kier alpha value is -0.860. The summed E-state index contributed by atoms with van der Waals surface area (Å²) in [5.74, 6) is 0. The molecule has 0 aliphatic carbocycles. The Balaban J connectivity index is 2.53. The van der Waals surface area contributed by atoms with Crippen molar-refractivity contribution in [2.75, 3.05) is 27.2 Å². The first kappa shape index (κ1) is 14.2. The lowest BCUT2D eigenvalue weighted by atomic mass is 10.0. The SMILES string of the molecule is CCNC(CCN(C)C)Cc1cccc(C)c1. The van der Waals surface area contributed by atoms with Crippen molar-refractivity contribution in [3.63, 3.8) is 0 Å². The maximum absolute atomic E-state index is 3.58. The zero-order chi connectivity index (χ0) is 12.7. The van der Waals surface area contributed by atoms with Crippen molar-refractivity contribution in [2.24, 2.45) is 0 Å². The highest BCUT2D eigenvalue weighted by Crippen LogP contribution is 2.09. The van der Waals surface area contributed by atoms with Gasteiger partial charge in [0.15, 0.2) is 0 Å². The van der Waals surface area contributed by atoms with Gasteiger partial charge in [0, 0.05) is 6.04 Å². The molecule has 17 heavy (non-hydrogen) atoms. The highest BCUT2D eigenvalue weighted by atomic mass is 15.1. The molecule has 2 nitrogen and oxygen atoms in total. The minimum Gasteiger partial charge on any atom is -0.314 e. The number of hydrogen-bond acceptors (Lipinski definition) is 2. The van der Waals surface area contributed by atoms with Crippen LogP contribution in [-0.4, -0.2) is 38.1 Å². The number of likely N-dealkylation sites (N-methyl/N-ethyl adjacent to an activating group) is 1. The first-order valence-corrected chi connectivity index (χ1v) is 6.55. The topological polar surface area (TPSA) is 15.3 Å². The summed E-state index contributed by atoms with van der Waals surface area (Å²) in [5.41, 5.74) is 2.79. The predicted octanol–water partition coefficient (Wildman–Crippen LogP) is 2.47. The predicted molar refractivity (Wildman–Crippen MR) is 75.5 cm³/mol. The molecule has 2 heteroatoms. The minimum atomic E-state index is 0.587. The van der Waals surface area contributed by atoms with Crippen LogP contribution in [0.25, 0.3) is 0 Å². The molecule has 0 fully saturated rings. The van der Waals surface area contributed by atoms with E-state index in [1.807, 2.05) is 0 Å². The second kappa shape index (κ2) is 7.46. The van der Waals surface area contributed by atoms with E-state index in [0.29, 0.717) is 6.04 Å². The van der Waals surface area contributed by atoms with Gasteiger partial charge in [-0.15, -0.1) is 0 Å². The third kappa shape index (κ3) is 5.85. The molecule has 0 saturated heterocycles. The van der Waals surface area contributed by atoms with Crippen molar-refractivity contribution in [3.8, 4) is 0 Å². The molecule has 0 amide bonds. The largest absolute Gasteiger partial charge is 0.314 e. The van der Waals surface area contributed by atoms with E-state index in [1.165, 1.54) is 17.5 Å². The molecule has 0 heterocycles. The van der Waals surface area contributed by atoms with E-state index in [1.54, 1.807) is 0 Å². The highest BCUT2D eigenvalue weighted by molar-refractivity contribution is 5.22. The van der Waals surface area contributed by atoms with Crippen molar-refractivity contribution in [3.05, 3.63) is 35.4 Å². The van der Waals surface area contributed by atoms with Crippen LogP contribution in [0.1, 0.15) is 24.5 Å². The monoisotopic (exact) mass is 234 g/mol. The van der Waals surface area contributed by atoms with E-state index < -0.39 is 0 Å². The molecule has 1 unspecified atom stereocenters. The Labute approximate surface area is 106 Å². The summed E-state index contributed by atoms with van der Waals surface area (Å²) < 4.78 is 0. The number of aryl methyl sites for hydroxylation is 1. The normalized spacial score (nSPS) is 13.0. The van der Waals surface area contributed by atoms with Gasteiger partial charge in [-0.3, -0.25) is 0 Å². The van der Waals surface area contributed by atoms with Gasteiger partial charge in [0.05, 0.1) is 0 Å². The fourth-order valence-electron chi connectivity index (χ4n) is 2.10. The molecule has 0 aliphatic heterocycles. The van der Waals surface area contributed by atoms with Gasteiger partial charge in [-0.1, -0.05) is 36.8 Å². The van der Waals surface area contributed by atoms with Gasteiger partial charge in [0.25, 0.3) is 0 Å². The molecule has 0 spiro atoms. The van der Waals surface area contributed by atoms with Crippen LogP contribution in [0.5, 0.6) is 0 Å². The van der Waals surface area contributed by atoms with Crippen LogP contribution in [-0.2, 0) is 6.42 Å².